The largest absolute Gasteiger partial charge is 0.491 e. The van der Waals surface area contributed by atoms with Crippen LogP contribution in [0.1, 0.15) is 28.7 Å². The van der Waals surface area contributed by atoms with E-state index in [1.165, 1.54) is 34.4 Å². The van der Waals surface area contributed by atoms with Gasteiger partial charge in [-0.05, 0) is 62.4 Å². The normalized spacial score (nSPS) is 13.8. The Balaban J connectivity index is 1.68. The number of benzene rings is 2. The van der Waals surface area contributed by atoms with E-state index >= 15 is 0 Å². The predicted molar refractivity (Wildman–Crippen MR) is 97.5 cm³/mol. The third-order valence-electron chi connectivity index (χ3n) is 4.54. The molecule has 3 heteroatoms. The molecule has 1 aliphatic heterocycles. The van der Waals surface area contributed by atoms with Crippen molar-refractivity contribution in [3.05, 3.63) is 52.6 Å². The monoisotopic (exact) mass is 310 g/mol. The average Bonchev–Trinajstić information content (AvgIpc) is 2.50. The Hall–Kier alpha value is -2.16. The summed E-state index contributed by atoms with van der Waals surface area (Å²) in [5, 5.41) is 0. The van der Waals surface area contributed by atoms with E-state index in [-0.39, 0.29) is 0 Å². The Bertz CT molecular complexity index is 686. The van der Waals surface area contributed by atoms with Crippen LogP contribution in [0.25, 0.3) is 0 Å². The molecule has 23 heavy (non-hydrogen) atoms. The van der Waals surface area contributed by atoms with E-state index in [9.17, 15) is 0 Å². The number of hydrogen-bond donors (Lipinski definition) is 1. The lowest BCUT2D eigenvalue weighted by molar-refractivity contribution is 0.318. The zero-order chi connectivity index (χ0) is 16.4. The van der Waals surface area contributed by atoms with Gasteiger partial charge in [-0.15, -0.1) is 0 Å². The maximum absolute atomic E-state index is 6.10. The molecule has 1 aliphatic rings. The highest BCUT2D eigenvalue weighted by Gasteiger charge is 2.17. The van der Waals surface area contributed by atoms with Gasteiger partial charge >= 0.3 is 0 Å². The number of hydrogen-bond acceptors (Lipinski definition) is 3. The third-order valence-corrected chi connectivity index (χ3v) is 4.54. The summed E-state index contributed by atoms with van der Waals surface area (Å²) in [6.07, 6.45) is 2.34. The molecular formula is C20H26N2O. The van der Waals surface area contributed by atoms with Crippen molar-refractivity contribution in [1.29, 1.82) is 0 Å². The van der Waals surface area contributed by atoms with Crippen molar-refractivity contribution in [3.8, 4) is 5.75 Å². The van der Waals surface area contributed by atoms with Gasteiger partial charge in [0.25, 0.3) is 0 Å². The molecule has 0 aromatic heterocycles. The average molecular weight is 310 g/mol. The summed E-state index contributed by atoms with van der Waals surface area (Å²) in [5.74, 6) is 1.03. The number of fused-ring (bicyclic) bond motifs is 1. The molecule has 2 N–H and O–H groups in total. The van der Waals surface area contributed by atoms with Gasteiger partial charge < -0.3 is 15.4 Å². The number of nitrogen functional groups attached to an aromatic ring is 1. The highest BCUT2D eigenvalue weighted by Crippen LogP contribution is 2.29. The summed E-state index contributed by atoms with van der Waals surface area (Å²) < 4.78 is 6.10. The quantitative estimate of drug-likeness (QED) is 0.867. The second-order valence-corrected chi connectivity index (χ2v) is 6.56. The molecule has 0 saturated heterocycles. The molecule has 2 aromatic rings. The first-order valence-electron chi connectivity index (χ1n) is 8.38. The third kappa shape index (κ3) is 3.44. The minimum Gasteiger partial charge on any atom is -0.491 e. The Labute approximate surface area is 139 Å². The summed E-state index contributed by atoms with van der Waals surface area (Å²) >= 11 is 0. The number of nitrogens with zero attached hydrogens (tertiary/aromatic N) is 1. The van der Waals surface area contributed by atoms with Crippen molar-refractivity contribution in [2.45, 2.75) is 33.6 Å². The fourth-order valence-electron chi connectivity index (χ4n) is 3.55. The van der Waals surface area contributed by atoms with Crippen LogP contribution >= 0.6 is 0 Å². The minimum absolute atomic E-state index is 0.693. The van der Waals surface area contributed by atoms with Gasteiger partial charge in [-0.25, -0.2) is 0 Å². The summed E-state index contributed by atoms with van der Waals surface area (Å²) in [5.41, 5.74) is 13.2. The van der Waals surface area contributed by atoms with E-state index in [0.717, 1.165) is 30.9 Å². The van der Waals surface area contributed by atoms with Crippen LogP contribution < -0.4 is 15.4 Å². The number of nitrogens with two attached hydrogens (primary N) is 1. The van der Waals surface area contributed by atoms with Gasteiger partial charge in [-0.3, -0.25) is 0 Å². The summed E-state index contributed by atoms with van der Waals surface area (Å²) in [7, 11) is 0. The van der Waals surface area contributed by atoms with Crippen molar-refractivity contribution < 1.29 is 4.74 Å². The maximum atomic E-state index is 6.10. The van der Waals surface area contributed by atoms with Crippen LogP contribution in [-0.2, 0) is 6.42 Å². The molecule has 0 fully saturated rings. The molecule has 0 amide bonds. The van der Waals surface area contributed by atoms with Crippen LogP contribution in [0.2, 0.25) is 0 Å². The predicted octanol–water partition coefficient (Wildman–Crippen LogP) is 4.03. The molecule has 3 nitrogen and oxygen atoms in total. The van der Waals surface area contributed by atoms with Gasteiger partial charge in [-0.1, -0.05) is 23.8 Å². The second kappa shape index (κ2) is 6.53. The lowest BCUT2D eigenvalue weighted by Crippen LogP contribution is -2.33. The van der Waals surface area contributed by atoms with Gasteiger partial charge in [0, 0.05) is 17.9 Å². The molecule has 0 bridgehead atoms. The number of ether oxygens (including phenoxy) is 1. The zero-order valence-electron chi connectivity index (χ0n) is 14.4. The topological polar surface area (TPSA) is 38.5 Å². The summed E-state index contributed by atoms with van der Waals surface area (Å²) in [4.78, 5) is 2.40. The van der Waals surface area contributed by atoms with Crippen molar-refractivity contribution in [3.63, 3.8) is 0 Å². The van der Waals surface area contributed by atoms with Crippen LogP contribution in [0.15, 0.2) is 30.3 Å². The molecule has 3 rings (SSSR count). The molecule has 0 saturated carbocycles. The lowest BCUT2D eigenvalue weighted by atomic mass is 10.0. The molecule has 0 spiro atoms. The SMILES string of the molecule is Cc1cc(C)c(OCCN2CCCc3ccc(N)cc32)c(C)c1. The fourth-order valence-corrected chi connectivity index (χ4v) is 3.55. The lowest BCUT2D eigenvalue weighted by Gasteiger charge is -2.31. The molecular weight excluding hydrogens is 284 g/mol. The Morgan fingerprint density at radius 2 is 1.83 bits per heavy atom. The van der Waals surface area contributed by atoms with E-state index in [2.05, 4.69) is 49.9 Å². The van der Waals surface area contributed by atoms with E-state index in [0.29, 0.717) is 6.61 Å². The first-order chi connectivity index (χ1) is 11.0. The standard InChI is InChI=1S/C20H26N2O/c1-14-11-15(2)20(16(3)12-14)23-10-9-22-8-4-5-17-6-7-18(21)13-19(17)22/h6-7,11-13H,4-5,8-10,21H2,1-3H3. The van der Waals surface area contributed by atoms with E-state index < -0.39 is 0 Å². The number of rotatable bonds is 4. The zero-order valence-corrected chi connectivity index (χ0v) is 14.4. The molecule has 0 atom stereocenters. The molecule has 2 aromatic carbocycles. The van der Waals surface area contributed by atoms with Crippen molar-refractivity contribution in [2.24, 2.45) is 0 Å². The van der Waals surface area contributed by atoms with Gasteiger partial charge in [0.1, 0.15) is 12.4 Å². The molecule has 0 radical (unpaired) electrons. The molecule has 0 unspecified atom stereocenters. The summed E-state index contributed by atoms with van der Waals surface area (Å²) in [6, 6.07) is 10.6. The van der Waals surface area contributed by atoms with Crippen LogP contribution in [0.4, 0.5) is 11.4 Å². The van der Waals surface area contributed by atoms with Crippen molar-refractivity contribution in [2.75, 3.05) is 30.3 Å². The van der Waals surface area contributed by atoms with Gasteiger partial charge in [0.2, 0.25) is 0 Å². The van der Waals surface area contributed by atoms with Crippen molar-refractivity contribution >= 4 is 11.4 Å². The van der Waals surface area contributed by atoms with Gasteiger partial charge in [0.05, 0.1) is 6.54 Å². The van der Waals surface area contributed by atoms with Crippen molar-refractivity contribution in [1.82, 2.24) is 0 Å². The Kier molecular flexibility index (Phi) is 4.46. The first-order valence-corrected chi connectivity index (χ1v) is 8.38. The number of anilines is 2. The highest BCUT2D eigenvalue weighted by molar-refractivity contribution is 5.62. The first kappa shape index (κ1) is 15.7. The fraction of sp³-hybridized carbons (Fsp3) is 0.400. The highest BCUT2D eigenvalue weighted by atomic mass is 16.5. The van der Waals surface area contributed by atoms with Gasteiger partial charge in [0.15, 0.2) is 0 Å². The maximum Gasteiger partial charge on any atom is 0.125 e. The molecule has 122 valence electrons. The molecule has 0 aliphatic carbocycles. The second-order valence-electron chi connectivity index (χ2n) is 6.56. The van der Waals surface area contributed by atoms with Crippen LogP contribution in [0.5, 0.6) is 5.75 Å². The Morgan fingerprint density at radius 1 is 1.09 bits per heavy atom. The van der Waals surface area contributed by atoms with Gasteiger partial charge in [-0.2, -0.15) is 0 Å². The van der Waals surface area contributed by atoms with Crippen LogP contribution in [-0.4, -0.2) is 19.7 Å². The van der Waals surface area contributed by atoms with E-state index in [4.69, 9.17) is 10.5 Å². The minimum atomic E-state index is 0.693. The smallest absolute Gasteiger partial charge is 0.125 e. The van der Waals surface area contributed by atoms with E-state index in [1.807, 2.05) is 6.07 Å². The van der Waals surface area contributed by atoms with Crippen LogP contribution in [0, 0.1) is 20.8 Å². The number of aryl methyl sites for hydroxylation is 4. The summed E-state index contributed by atoms with van der Waals surface area (Å²) in [6.45, 7) is 9.02. The molecule has 1 heterocycles. The van der Waals surface area contributed by atoms with E-state index in [1.54, 1.807) is 0 Å². The Morgan fingerprint density at radius 3 is 2.57 bits per heavy atom. The van der Waals surface area contributed by atoms with Crippen LogP contribution in [0.3, 0.4) is 0 Å².